The SMILES string of the molecule is COc1cc(Br)c2c(c1C)C1(C=CC(O)CC1C)CCN(C)C2. The molecule has 0 fully saturated rings. The molecule has 126 valence electrons. The fourth-order valence-electron chi connectivity index (χ4n) is 4.38. The minimum atomic E-state index is -0.325. The number of benzene rings is 1. The number of methoxy groups -OCH3 is 1. The third-order valence-electron chi connectivity index (χ3n) is 5.70. The van der Waals surface area contributed by atoms with Gasteiger partial charge in [-0.3, -0.25) is 0 Å². The number of nitrogens with zero attached hydrogens (tertiary/aromatic N) is 1. The highest BCUT2D eigenvalue weighted by atomic mass is 79.9. The largest absolute Gasteiger partial charge is 0.496 e. The fraction of sp³-hybridized carbons (Fsp3) is 0.579. The average molecular weight is 380 g/mol. The van der Waals surface area contributed by atoms with Crippen molar-refractivity contribution in [2.24, 2.45) is 5.92 Å². The summed E-state index contributed by atoms with van der Waals surface area (Å²) in [7, 11) is 3.92. The van der Waals surface area contributed by atoms with Crippen molar-refractivity contribution >= 4 is 15.9 Å². The Hall–Kier alpha value is -0.840. The number of allylic oxidation sites excluding steroid dienone is 1. The third-order valence-corrected chi connectivity index (χ3v) is 6.41. The fourth-order valence-corrected chi connectivity index (χ4v) is 4.92. The van der Waals surface area contributed by atoms with Crippen LogP contribution < -0.4 is 4.74 Å². The normalized spacial score (nSPS) is 31.0. The van der Waals surface area contributed by atoms with E-state index in [-0.39, 0.29) is 11.5 Å². The first kappa shape index (κ1) is 17.0. The maximum absolute atomic E-state index is 10.1. The van der Waals surface area contributed by atoms with Gasteiger partial charge in [-0.1, -0.05) is 35.0 Å². The van der Waals surface area contributed by atoms with Gasteiger partial charge in [0.05, 0.1) is 13.2 Å². The first-order chi connectivity index (χ1) is 10.9. The van der Waals surface area contributed by atoms with Crippen molar-refractivity contribution < 1.29 is 9.84 Å². The summed E-state index contributed by atoms with van der Waals surface area (Å²) in [4.78, 5) is 2.38. The molecule has 3 unspecified atom stereocenters. The molecule has 1 aromatic rings. The van der Waals surface area contributed by atoms with Crippen LogP contribution in [-0.2, 0) is 12.0 Å². The molecule has 1 aliphatic carbocycles. The van der Waals surface area contributed by atoms with Gasteiger partial charge in [-0.15, -0.1) is 0 Å². The summed E-state index contributed by atoms with van der Waals surface area (Å²) >= 11 is 3.77. The quantitative estimate of drug-likeness (QED) is 0.753. The Labute approximate surface area is 147 Å². The van der Waals surface area contributed by atoms with Gasteiger partial charge in [0.1, 0.15) is 5.75 Å². The molecule has 0 bridgehead atoms. The van der Waals surface area contributed by atoms with Crippen molar-refractivity contribution in [2.75, 3.05) is 20.7 Å². The molecule has 2 aliphatic rings. The van der Waals surface area contributed by atoms with Gasteiger partial charge < -0.3 is 14.7 Å². The van der Waals surface area contributed by atoms with E-state index in [0.29, 0.717) is 5.92 Å². The first-order valence-electron chi connectivity index (χ1n) is 8.31. The average Bonchev–Trinajstić information content (AvgIpc) is 2.65. The van der Waals surface area contributed by atoms with Crippen molar-refractivity contribution in [2.45, 2.75) is 44.8 Å². The predicted molar refractivity (Wildman–Crippen MR) is 97.0 cm³/mol. The molecule has 1 spiro atoms. The van der Waals surface area contributed by atoms with Gasteiger partial charge in [-0.2, -0.15) is 0 Å². The number of fused-ring (bicyclic) bond motifs is 2. The van der Waals surface area contributed by atoms with Crippen LogP contribution in [0.1, 0.15) is 36.5 Å². The molecular weight excluding hydrogens is 354 g/mol. The standard InChI is InChI=1S/C19H26BrNO2/c1-12-9-14(22)5-6-19(12)7-8-21(3)11-15-16(20)10-17(23-4)13(2)18(15)19/h5-6,10,12,14,22H,7-9,11H2,1-4H3. The lowest BCUT2D eigenvalue weighted by Crippen LogP contribution is -2.39. The Kier molecular flexibility index (Phi) is 4.60. The van der Waals surface area contributed by atoms with Gasteiger partial charge in [0.25, 0.3) is 0 Å². The van der Waals surface area contributed by atoms with Crippen LogP contribution in [-0.4, -0.2) is 36.8 Å². The zero-order valence-electron chi connectivity index (χ0n) is 14.4. The van der Waals surface area contributed by atoms with Crippen molar-refractivity contribution in [3.63, 3.8) is 0 Å². The van der Waals surface area contributed by atoms with Gasteiger partial charge in [0, 0.05) is 16.4 Å². The number of hydrogen-bond acceptors (Lipinski definition) is 3. The van der Waals surface area contributed by atoms with E-state index in [2.05, 4.69) is 53.9 Å². The number of aliphatic hydroxyl groups excluding tert-OH is 1. The molecule has 0 saturated carbocycles. The Morgan fingerprint density at radius 2 is 2.17 bits per heavy atom. The molecule has 1 heterocycles. The molecule has 3 nitrogen and oxygen atoms in total. The molecule has 1 N–H and O–H groups in total. The van der Waals surface area contributed by atoms with E-state index in [9.17, 15) is 5.11 Å². The minimum Gasteiger partial charge on any atom is -0.496 e. The summed E-state index contributed by atoms with van der Waals surface area (Å²) in [5.41, 5.74) is 3.95. The maximum Gasteiger partial charge on any atom is 0.123 e. The number of halogens is 1. The van der Waals surface area contributed by atoms with Gasteiger partial charge in [0.2, 0.25) is 0 Å². The van der Waals surface area contributed by atoms with Gasteiger partial charge in [0.15, 0.2) is 0 Å². The lowest BCUT2D eigenvalue weighted by Gasteiger charge is -2.42. The second-order valence-electron chi connectivity index (χ2n) is 7.13. The Morgan fingerprint density at radius 3 is 2.83 bits per heavy atom. The summed E-state index contributed by atoms with van der Waals surface area (Å²) in [6.45, 7) is 6.43. The van der Waals surface area contributed by atoms with Crippen LogP contribution in [0.2, 0.25) is 0 Å². The zero-order valence-corrected chi connectivity index (χ0v) is 16.0. The van der Waals surface area contributed by atoms with Gasteiger partial charge in [-0.05, 0) is 62.0 Å². The highest BCUT2D eigenvalue weighted by Gasteiger charge is 2.43. The Bertz CT molecular complexity index is 643. The van der Waals surface area contributed by atoms with E-state index in [1.165, 1.54) is 16.7 Å². The first-order valence-corrected chi connectivity index (χ1v) is 9.10. The molecule has 3 atom stereocenters. The van der Waals surface area contributed by atoms with Crippen molar-refractivity contribution in [1.29, 1.82) is 0 Å². The Balaban J connectivity index is 2.30. The molecule has 23 heavy (non-hydrogen) atoms. The summed E-state index contributed by atoms with van der Waals surface area (Å²) in [6.07, 6.45) is 5.81. The van der Waals surface area contributed by atoms with Crippen molar-refractivity contribution in [3.8, 4) is 5.75 Å². The van der Waals surface area contributed by atoms with E-state index in [4.69, 9.17) is 4.74 Å². The minimum absolute atomic E-state index is 0.0273. The van der Waals surface area contributed by atoms with Crippen LogP contribution in [0.5, 0.6) is 5.75 Å². The number of rotatable bonds is 1. The second-order valence-corrected chi connectivity index (χ2v) is 7.98. The predicted octanol–water partition coefficient (Wildman–Crippen LogP) is 3.80. The van der Waals surface area contributed by atoms with Crippen LogP contribution in [0, 0.1) is 12.8 Å². The number of ether oxygens (including phenoxy) is 1. The number of aliphatic hydroxyl groups is 1. The van der Waals surface area contributed by atoms with Crippen molar-refractivity contribution in [1.82, 2.24) is 4.90 Å². The highest BCUT2D eigenvalue weighted by molar-refractivity contribution is 9.10. The molecule has 3 rings (SSSR count). The van der Waals surface area contributed by atoms with Crippen LogP contribution >= 0.6 is 15.9 Å². The van der Waals surface area contributed by atoms with Gasteiger partial charge in [-0.25, -0.2) is 0 Å². The third kappa shape index (κ3) is 2.75. The molecular formula is C19H26BrNO2. The molecule has 0 aromatic heterocycles. The van der Waals surface area contributed by atoms with Gasteiger partial charge >= 0.3 is 0 Å². The van der Waals surface area contributed by atoms with E-state index < -0.39 is 0 Å². The number of hydrogen-bond donors (Lipinski definition) is 1. The molecule has 0 radical (unpaired) electrons. The molecule has 1 aromatic carbocycles. The van der Waals surface area contributed by atoms with Crippen LogP contribution in [0.3, 0.4) is 0 Å². The summed E-state index contributed by atoms with van der Waals surface area (Å²) in [5, 5.41) is 10.1. The zero-order chi connectivity index (χ0) is 16.8. The van der Waals surface area contributed by atoms with Crippen LogP contribution in [0.4, 0.5) is 0 Å². The highest BCUT2D eigenvalue weighted by Crippen LogP contribution is 2.50. The van der Waals surface area contributed by atoms with Crippen LogP contribution in [0.15, 0.2) is 22.7 Å². The second kappa shape index (κ2) is 6.23. The van der Waals surface area contributed by atoms with Crippen LogP contribution in [0.25, 0.3) is 0 Å². The lowest BCUT2D eigenvalue weighted by molar-refractivity contribution is 0.146. The monoisotopic (exact) mass is 379 g/mol. The van der Waals surface area contributed by atoms with E-state index in [1.54, 1.807) is 7.11 Å². The summed E-state index contributed by atoms with van der Waals surface area (Å²) in [5.74, 6) is 1.33. The topological polar surface area (TPSA) is 32.7 Å². The Morgan fingerprint density at radius 1 is 1.43 bits per heavy atom. The molecule has 4 heteroatoms. The summed E-state index contributed by atoms with van der Waals surface area (Å²) < 4.78 is 6.75. The lowest BCUT2D eigenvalue weighted by atomic mass is 9.62. The maximum atomic E-state index is 10.1. The molecule has 1 aliphatic heterocycles. The van der Waals surface area contributed by atoms with Crippen molar-refractivity contribution in [3.05, 3.63) is 39.4 Å². The smallest absolute Gasteiger partial charge is 0.123 e. The summed E-state index contributed by atoms with van der Waals surface area (Å²) in [6, 6.07) is 2.09. The molecule has 0 saturated heterocycles. The van der Waals surface area contributed by atoms with E-state index in [1.807, 2.05) is 6.08 Å². The van der Waals surface area contributed by atoms with E-state index >= 15 is 0 Å². The van der Waals surface area contributed by atoms with E-state index in [0.717, 1.165) is 36.2 Å². The molecule has 0 amide bonds.